The molecule has 0 aliphatic carbocycles. The number of thiol groups is 1. The molecule has 3 rings (SSSR count). The monoisotopic (exact) mass is 598 g/mol. The molecule has 0 atom stereocenters. The minimum absolute atomic E-state index is 0.0592. The molecule has 0 bridgehead atoms. The van der Waals surface area contributed by atoms with E-state index < -0.39 is 0 Å². The van der Waals surface area contributed by atoms with Gasteiger partial charge in [-0.2, -0.15) is 12.6 Å². The van der Waals surface area contributed by atoms with Crippen LogP contribution in [0.5, 0.6) is 5.75 Å². The molecule has 0 aliphatic heterocycles. The molecule has 0 spiro atoms. The van der Waals surface area contributed by atoms with Gasteiger partial charge in [0, 0.05) is 0 Å². The first kappa shape index (κ1) is 37.7. The van der Waals surface area contributed by atoms with Gasteiger partial charge in [0.15, 0.2) is 5.78 Å². The molecule has 3 heteroatoms. The van der Waals surface area contributed by atoms with Crippen molar-refractivity contribution in [2.24, 2.45) is 5.92 Å². The number of benzene rings is 3. The number of phenols is 1. The SMILES string of the molecule is C=C/C=C(C)\C=C/C(=O)c1cc(Cc2ccccc2CCCC(C)C)cc(C)c1O.CS.Cc1ccccc1C(C)(C)C. The highest BCUT2D eigenvalue weighted by molar-refractivity contribution is 7.79. The average Bonchev–Trinajstić information content (AvgIpc) is 2.95. The fourth-order valence-electron chi connectivity index (χ4n) is 4.99. The first-order valence-corrected chi connectivity index (χ1v) is 16.1. The Balaban J connectivity index is 0.000000592. The van der Waals surface area contributed by atoms with Crippen LogP contribution < -0.4 is 0 Å². The van der Waals surface area contributed by atoms with Crippen LogP contribution in [0.2, 0.25) is 0 Å². The van der Waals surface area contributed by atoms with Crippen LogP contribution >= 0.6 is 12.6 Å². The largest absolute Gasteiger partial charge is 0.507 e. The maximum Gasteiger partial charge on any atom is 0.189 e. The predicted molar refractivity (Wildman–Crippen MR) is 192 cm³/mol. The summed E-state index contributed by atoms with van der Waals surface area (Å²) in [4.78, 5) is 12.7. The molecule has 0 aliphatic rings. The zero-order valence-electron chi connectivity index (χ0n) is 28.0. The molecular weight excluding hydrogens is 545 g/mol. The number of aromatic hydroxyl groups is 1. The van der Waals surface area contributed by atoms with Gasteiger partial charge in [-0.3, -0.25) is 4.79 Å². The van der Waals surface area contributed by atoms with Crippen LogP contribution in [0.4, 0.5) is 0 Å². The van der Waals surface area contributed by atoms with Gasteiger partial charge in [0.2, 0.25) is 0 Å². The Morgan fingerprint density at radius 2 is 1.53 bits per heavy atom. The van der Waals surface area contributed by atoms with Crippen LogP contribution in [0.1, 0.15) is 98.1 Å². The number of rotatable bonds is 10. The Hall–Kier alpha value is -3.30. The van der Waals surface area contributed by atoms with Crippen LogP contribution in [0.3, 0.4) is 0 Å². The molecule has 1 N–H and O–H groups in total. The molecule has 0 unspecified atom stereocenters. The Bertz CT molecular complexity index is 1370. The highest BCUT2D eigenvalue weighted by Gasteiger charge is 2.15. The van der Waals surface area contributed by atoms with E-state index in [1.54, 1.807) is 18.4 Å². The van der Waals surface area contributed by atoms with Crippen molar-refractivity contribution in [3.05, 3.63) is 136 Å². The van der Waals surface area contributed by atoms with E-state index in [-0.39, 0.29) is 16.9 Å². The van der Waals surface area contributed by atoms with Crippen LogP contribution in [-0.2, 0) is 18.3 Å². The summed E-state index contributed by atoms with van der Waals surface area (Å²) in [5.41, 5.74) is 8.81. The van der Waals surface area contributed by atoms with Crippen molar-refractivity contribution in [1.82, 2.24) is 0 Å². The van der Waals surface area contributed by atoms with E-state index in [2.05, 4.69) is 109 Å². The summed E-state index contributed by atoms with van der Waals surface area (Å²) in [6.07, 6.45) is 12.7. The summed E-state index contributed by atoms with van der Waals surface area (Å²) in [6.45, 7) is 20.8. The molecule has 0 saturated carbocycles. The second-order valence-electron chi connectivity index (χ2n) is 12.4. The van der Waals surface area contributed by atoms with Crippen LogP contribution in [-0.4, -0.2) is 17.1 Å². The molecule has 2 nitrogen and oxygen atoms in total. The minimum Gasteiger partial charge on any atom is -0.507 e. The van der Waals surface area contributed by atoms with Crippen molar-refractivity contribution < 1.29 is 9.90 Å². The Morgan fingerprint density at radius 1 is 0.930 bits per heavy atom. The van der Waals surface area contributed by atoms with E-state index in [0.717, 1.165) is 29.5 Å². The van der Waals surface area contributed by atoms with Gasteiger partial charge in [0.1, 0.15) is 5.75 Å². The van der Waals surface area contributed by atoms with Crippen molar-refractivity contribution in [1.29, 1.82) is 0 Å². The third-order valence-corrected chi connectivity index (χ3v) is 7.20. The van der Waals surface area contributed by atoms with Crippen molar-refractivity contribution in [2.75, 3.05) is 6.26 Å². The molecule has 43 heavy (non-hydrogen) atoms. The van der Waals surface area contributed by atoms with E-state index in [1.807, 2.05) is 32.1 Å². The highest BCUT2D eigenvalue weighted by Crippen LogP contribution is 2.28. The molecule has 3 aromatic carbocycles. The van der Waals surface area contributed by atoms with Crippen LogP contribution in [0.15, 0.2) is 97.1 Å². The lowest BCUT2D eigenvalue weighted by molar-refractivity contribution is 0.104. The highest BCUT2D eigenvalue weighted by atomic mass is 32.1. The van der Waals surface area contributed by atoms with E-state index in [4.69, 9.17) is 0 Å². The number of carbonyl (C=O) groups is 1. The summed E-state index contributed by atoms with van der Waals surface area (Å²) >= 11 is 3.53. The second kappa shape index (κ2) is 19.1. The summed E-state index contributed by atoms with van der Waals surface area (Å²) in [5, 5.41) is 10.5. The van der Waals surface area contributed by atoms with E-state index in [1.165, 1.54) is 41.2 Å². The lowest BCUT2D eigenvalue weighted by atomic mass is 9.84. The lowest BCUT2D eigenvalue weighted by Gasteiger charge is -2.21. The van der Waals surface area contributed by atoms with Crippen molar-refractivity contribution in [2.45, 2.75) is 86.5 Å². The molecular formula is C40H54O2S. The molecule has 0 aromatic heterocycles. The number of allylic oxidation sites excluding steroid dienone is 5. The third kappa shape index (κ3) is 13.3. The first-order chi connectivity index (χ1) is 20.3. The van der Waals surface area contributed by atoms with Gasteiger partial charge >= 0.3 is 0 Å². The Kier molecular flexibility index (Phi) is 16.7. The number of phenolic OH excluding ortho intramolecular Hbond substituents is 1. The molecule has 0 radical (unpaired) electrons. The second-order valence-corrected chi connectivity index (χ2v) is 12.4. The third-order valence-electron chi connectivity index (χ3n) is 7.20. The maximum absolute atomic E-state index is 12.7. The minimum atomic E-state index is -0.195. The lowest BCUT2D eigenvalue weighted by Crippen LogP contribution is -2.12. The number of hydrogen-bond donors (Lipinski definition) is 2. The van der Waals surface area contributed by atoms with E-state index >= 15 is 0 Å². The van der Waals surface area contributed by atoms with E-state index in [0.29, 0.717) is 11.5 Å². The van der Waals surface area contributed by atoms with Crippen molar-refractivity contribution in [3.63, 3.8) is 0 Å². The number of ketones is 1. The molecule has 232 valence electrons. The maximum atomic E-state index is 12.7. The van der Waals surface area contributed by atoms with Gasteiger partial charge in [-0.05, 0) is 103 Å². The summed E-state index contributed by atoms with van der Waals surface area (Å²) in [5.74, 6) is 0.576. The quantitative estimate of drug-likeness (QED) is 0.105. The smallest absolute Gasteiger partial charge is 0.189 e. The zero-order valence-corrected chi connectivity index (χ0v) is 28.9. The van der Waals surface area contributed by atoms with Crippen molar-refractivity contribution in [3.8, 4) is 5.75 Å². The topological polar surface area (TPSA) is 37.3 Å². The van der Waals surface area contributed by atoms with Crippen LogP contribution in [0, 0.1) is 19.8 Å². The normalized spacial score (nSPS) is 11.5. The predicted octanol–water partition coefficient (Wildman–Crippen LogP) is 11.0. The van der Waals surface area contributed by atoms with Crippen LogP contribution in [0.25, 0.3) is 0 Å². The summed E-state index contributed by atoms with van der Waals surface area (Å²) in [7, 11) is 0. The number of aryl methyl sites for hydroxylation is 3. The summed E-state index contributed by atoms with van der Waals surface area (Å²) < 4.78 is 0. The molecule has 3 aromatic rings. The van der Waals surface area contributed by atoms with Crippen molar-refractivity contribution >= 4 is 18.4 Å². The first-order valence-electron chi connectivity index (χ1n) is 15.2. The Morgan fingerprint density at radius 3 is 2.09 bits per heavy atom. The Labute approximate surface area is 268 Å². The summed E-state index contributed by atoms with van der Waals surface area (Å²) in [6, 6.07) is 20.9. The fourth-order valence-corrected chi connectivity index (χ4v) is 4.99. The standard InChI is InChI=1S/C28H34O2.C11H16.CH4S/c1-6-10-21(4)15-16-27(29)26-19-23(17-22(5)28(26)30)18-25-13-8-7-12-24(25)14-9-11-20(2)3;1-9-7-5-6-8-10(9)11(2,3)4;1-2/h6-8,10,12-13,15-17,19-20,30H,1,9,11,14,18H2,2-5H3;5-8H,1-4H3;2H,1H3/b16-15-,21-10-;;. The van der Waals surface area contributed by atoms with Gasteiger partial charge in [-0.25, -0.2) is 0 Å². The van der Waals surface area contributed by atoms with Gasteiger partial charge in [-0.15, -0.1) is 0 Å². The number of carbonyl (C=O) groups excluding carboxylic acids is 1. The van der Waals surface area contributed by atoms with Gasteiger partial charge in [0.25, 0.3) is 0 Å². The number of hydrogen-bond acceptors (Lipinski definition) is 3. The van der Waals surface area contributed by atoms with Gasteiger partial charge in [0.05, 0.1) is 5.56 Å². The van der Waals surface area contributed by atoms with E-state index in [9.17, 15) is 9.90 Å². The average molecular weight is 599 g/mol. The fraction of sp³-hybridized carbons (Fsp3) is 0.375. The molecule has 0 heterocycles. The molecule has 0 amide bonds. The van der Waals surface area contributed by atoms with Gasteiger partial charge in [-0.1, -0.05) is 126 Å². The van der Waals surface area contributed by atoms with Gasteiger partial charge < -0.3 is 5.11 Å². The molecule has 0 fully saturated rings. The zero-order chi connectivity index (χ0) is 32.6. The molecule has 0 saturated heterocycles.